The Bertz CT molecular complexity index is 439. The lowest BCUT2D eigenvalue weighted by atomic mass is 10.2. The van der Waals surface area contributed by atoms with Gasteiger partial charge in [-0.15, -0.1) is 0 Å². The van der Waals surface area contributed by atoms with Gasteiger partial charge in [0.1, 0.15) is 17.6 Å². The highest BCUT2D eigenvalue weighted by Crippen LogP contribution is 2.30. The molecule has 7 heteroatoms. The fraction of sp³-hybridized carbons (Fsp3) is 0.400. The number of rotatable bonds is 3. The van der Waals surface area contributed by atoms with Crippen LogP contribution >= 0.6 is 0 Å². The van der Waals surface area contributed by atoms with Crippen molar-refractivity contribution in [2.45, 2.75) is 6.18 Å². The van der Waals surface area contributed by atoms with Gasteiger partial charge < -0.3 is 10.0 Å². The zero-order valence-electron chi connectivity index (χ0n) is 8.99. The Labute approximate surface area is 95.9 Å². The molecule has 0 aliphatic heterocycles. The third-order valence-electron chi connectivity index (χ3n) is 2.08. The average Bonchev–Trinajstić information content (AvgIpc) is 2.27. The summed E-state index contributed by atoms with van der Waals surface area (Å²) in [4.78, 5) is 4.70. The first-order valence-electron chi connectivity index (χ1n) is 4.70. The van der Waals surface area contributed by atoms with Crippen LogP contribution in [0.1, 0.15) is 11.3 Å². The summed E-state index contributed by atoms with van der Waals surface area (Å²) in [6.07, 6.45) is -4.55. The van der Waals surface area contributed by atoms with Crippen molar-refractivity contribution in [2.75, 3.05) is 25.1 Å². The number of alkyl halides is 3. The van der Waals surface area contributed by atoms with E-state index in [4.69, 9.17) is 10.4 Å². The first-order chi connectivity index (χ1) is 7.90. The summed E-state index contributed by atoms with van der Waals surface area (Å²) in [7, 11) is 1.46. The van der Waals surface area contributed by atoms with Gasteiger partial charge in [-0.3, -0.25) is 0 Å². The first-order valence-corrected chi connectivity index (χ1v) is 4.70. The van der Waals surface area contributed by atoms with Crippen LogP contribution in [0.2, 0.25) is 0 Å². The van der Waals surface area contributed by atoms with Crippen molar-refractivity contribution in [1.82, 2.24) is 4.98 Å². The molecule has 17 heavy (non-hydrogen) atoms. The van der Waals surface area contributed by atoms with Gasteiger partial charge in [-0.05, 0) is 12.1 Å². The topological polar surface area (TPSA) is 60.1 Å². The van der Waals surface area contributed by atoms with Gasteiger partial charge in [0.05, 0.1) is 12.2 Å². The molecule has 1 N–H and O–H groups in total. The quantitative estimate of drug-likeness (QED) is 0.874. The molecule has 0 aliphatic rings. The van der Waals surface area contributed by atoms with E-state index in [1.807, 2.05) is 0 Å². The number of nitrogens with zero attached hydrogens (tertiary/aromatic N) is 3. The van der Waals surface area contributed by atoms with E-state index in [1.54, 1.807) is 6.07 Å². The third-order valence-corrected chi connectivity index (χ3v) is 2.08. The van der Waals surface area contributed by atoms with Crippen molar-refractivity contribution < 1.29 is 18.3 Å². The smallest absolute Gasteiger partial charge is 0.395 e. The number of anilines is 1. The predicted molar refractivity (Wildman–Crippen MR) is 54.3 cm³/mol. The number of nitriles is 1. The number of likely N-dealkylation sites (N-methyl/N-ethyl adjacent to an activating group) is 1. The molecule has 0 aromatic carbocycles. The fourth-order valence-electron chi connectivity index (χ4n) is 1.24. The summed E-state index contributed by atoms with van der Waals surface area (Å²) >= 11 is 0. The summed E-state index contributed by atoms with van der Waals surface area (Å²) in [5.74, 6) is -0.0867. The summed E-state index contributed by atoms with van der Waals surface area (Å²) in [6.45, 7) is -0.137. The minimum absolute atomic E-state index is 0.0361. The highest BCUT2D eigenvalue weighted by atomic mass is 19.4. The van der Waals surface area contributed by atoms with E-state index in [2.05, 4.69) is 4.98 Å². The molecule has 0 aliphatic carbocycles. The Morgan fingerprint density at radius 2 is 2.12 bits per heavy atom. The SMILES string of the molecule is CN(CCO)c1nc(C(F)(F)F)ccc1C#N. The number of pyridine rings is 1. The minimum atomic E-state index is -4.55. The predicted octanol–water partition coefficient (Wildman–Crippen LogP) is 1.40. The summed E-state index contributed by atoms with van der Waals surface area (Å²) in [6, 6.07) is 3.59. The second kappa shape index (κ2) is 5.01. The maximum Gasteiger partial charge on any atom is 0.433 e. The highest BCUT2D eigenvalue weighted by molar-refractivity contribution is 5.54. The number of halogens is 3. The van der Waals surface area contributed by atoms with E-state index in [0.29, 0.717) is 0 Å². The molecule has 0 radical (unpaired) electrons. The second-order valence-electron chi connectivity index (χ2n) is 3.32. The van der Waals surface area contributed by atoms with Crippen LogP contribution in [0.3, 0.4) is 0 Å². The Hall–Kier alpha value is -1.81. The van der Waals surface area contributed by atoms with E-state index in [0.717, 1.165) is 12.1 Å². The standard InChI is InChI=1S/C10H10F3N3O/c1-16(4-5-17)9-7(6-14)2-3-8(15-9)10(11,12)13/h2-3,17H,4-5H2,1H3. The Morgan fingerprint density at radius 3 is 2.59 bits per heavy atom. The average molecular weight is 245 g/mol. The molecule has 0 saturated carbocycles. The third kappa shape index (κ3) is 3.07. The van der Waals surface area contributed by atoms with Crippen LogP contribution in [-0.2, 0) is 6.18 Å². The second-order valence-corrected chi connectivity index (χ2v) is 3.32. The van der Waals surface area contributed by atoms with Crippen molar-refractivity contribution in [3.8, 4) is 6.07 Å². The van der Waals surface area contributed by atoms with Crippen molar-refractivity contribution >= 4 is 5.82 Å². The lowest BCUT2D eigenvalue weighted by Crippen LogP contribution is -2.24. The zero-order valence-corrected chi connectivity index (χ0v) is 8.99. The van der Waals surface area contributed by atoms with Gasteiger partial charge in [0.25, 0.3) is 0 Å². The van der Waals surface area contributed by atoms with Crippen molar-refractivity contribution in [3.05, 3.63) is 23.4 Å². The van der Waals surface area contributed by atoms with E-state index >= 15 is 0 Å². The van der Waals surface area contributed by atoms with Gasteiger partial charge in [0.15, 0.2) is 0 Å². The molecule has 0 spiro atoms. The maximum atomic E-state index is 12.4. The molecule has 4 nitrogen and oxygen atoms in total. The van der Waals surface area contributed by atoms with E-state index < -0.39 is 11.9 Å². The first kappa shape index (κ1) is 13.3. The number of hydrogen-bond donors (Lipinski definition) is 1. The largest absolute Gasteiger partial charge is 0.433 e. The van der Waals surface area contributed by atoms with E-state index in [9.17, 15) is 13.2 Å². The Morgan fingerprint density at radius 1 is 1.47 bits per heavy atom. The lowest BCUT2D eigenvalue weighted by molar-refractivity contribution is -0.141. The van der Waals surface area contributed by atoms with Crippen molar-refractivity contribution in [1.29, 1.82) is 5.26 Å². The van der Waals surface area contributed by atoms with Gasteiger partial charge in [-0.25, -0.2) is 4.98 Å². The molecule has 1 aromatic heterocycles. The van der Waals surface area contributed by atoms with Gasteiger partial charge in [-0.2, -0.15) is 18.4 Å². The molecular formula is C10H10F3N3O. The number of aromatic nitrogens is 1. The number of aliphatic hydroxyl groups excluding tert-OH is 1. The van der Waals surface area contributed by atoms with Gasteiger partial charge in [-0.1, -0.05) is 0 Å². The lowest BCUT2D eigenvalue weighted by Gasteiger charge is -2.19. The number of aliphatic hydroxyl groups is 1. The van der Waals surface area contributed by atoms with Crippen LogP contribution in [-0.4, -0.2) is 30.3 Å². The van der Waals surface area contributed by atoms with Crippen molar-refractivity contribution in [3.63, 3.8) is 0 Å². The highest BCUT2D eigenvalue weighted by Gasteiger charge is 2.33. The van der Waals surface area contributed by atoms with E-state index in [-0.39, 0.29) is 24.5 Å². The Balaban J connectivity index is 3.21. The Kier molecular flexibility index (Phi) is 3.91. The summed E-state index contributed by atoms with van der Waals surface area (Å²) < 4.78 is 37.3. The molecule has 1 aromatic rings. The molecule has 0 atom stereocenters. The maximum absolute atomic E-state index is 12.4. The molecule has 92 valence electrons. The number of hydrogen-bond acceptors (Lipinski definition) is 4. The molecule has 1 heterocycles. The summed E-state index contributed by atoms with van der Waals surface area (Å²) in [5.41, 5.74) is -1.02. The minimum Gasteiger partial charge on any atom is -0.395 e. The zero-order chi connectivity index (χ0) is 13.1. The molecule has 0 bridgehead atoms. The monoisotopic (exact) mass is 245 g/mol. The van der Waals surface area contributed by atoms with Crippen molar-refractivity contribution in [2.24, 2.45) is 0 Å². The molecular weight excluding hydrogens is 235 g/mol. The van der Waals surface area contributed by atoms with Gasteiger partial charge in [0, 0.05) is 13.6 Å². The van der Waals surface area contributed by atoms with Gasteiger partial charge in [0.2, 0.25) is 0 Å². The molecule has 1 rings (SSSR count). The molecule has 0 amide bonds. The molecule has 0 fully saturated rings. The normalized spacial score (nSPS) is 11.1. The van der Waals surface area contributed by atoms with Gasteiger partial charge >= 0.3 is 6.18 Å². The van der Waals surface area contributed by atoms with Crippen LogP contribution in [0.25, 0.3) is 0 Å². The van der Waals surface area contributed by atoms with Crippen LogP contribution < -0.4 is 4.90 Å². The summed E-state index contributed by atoms with van der Waals surface area (Å²) in [5, 5.41) is 17.5. The van der Waals surface area contributed by atoms with E-state index in [1.165, 1.54) is 11.9 Å². The van der Waals surface area contributed by atoms with Crippen LogP contribution in [0.4, 0.5) is 19.0 Å². The fourth-order valence-corrected chi connectivity index (χ4v) is 1.24. The molecule has 0 saturated heterocycles. The van der Waals surface area contributed by atoms with Crippen LogP contribution in [0.5, 0.6) is 0 Å². The van der Waals surface area contributed by atoms with Crippen LogP contribution in [0.15, 0.2) is 12.1 Å². The molecule has 0 unspecified atom stereocenters. The van der Waals surface area contributed by atoms with Crippen LogP contribution in [0, 0.1) is 11.3 Å².